The van der Waals surface area contributed by atoms with Gasteiger partial charge in [0, 0.05) is 29.3 Å². The number of aromatic nitrogens is 4. The van der Waals surface area contributed by atoms with Crippen LogP contribution in [0.3, 0.4) is 0 Å². The minimum Gasteiger partial charge on any atom is -0.508 e. The van der Waals surface area contributed by atoms with E-state index in [1.807, 2.05) is 66.7 Å². The highest BCUT2D eigenvalue weighted by molar-refractivity contribution is 7.99. The van der Waals surface area contributed by atoms with E-state index in [1.165, 1.54) is 11.8 Å². The second kappa shape index (κ2) is 15.7. The average Bonchev–Trinajstić information content (AvgIpc) is 3.66. The Hall–Kier alpha value is -5.33. The van der Waals surface area contributed by atoms with Gasteiger partial charge in [0.15, 0.2) is 6.29 Å². The lowest BCUT2D eigenvalue weighted by Crippen LogP contribution is -2.38. The second-order valence-corrected chi connectivity index (χ2v) is 13.4. The second-order valence-electron chi connectivity index (χ2n) is 12.4. The number of benzene rings is 5. The fourth-order valence-electron chi connectivity index (χ4n) is 6.06. The van der Waals surface area contributed by atoms with E-state index < -0.39 is 6.29 Å². The summed E-state index contributed by atoms with van der Waals surface area (Å²) >= 11 is 1.49. The Kier molecular flexibility index (Phi) is 10.5. The van der Waals surface area contributed by atoms with Gasteiger partial charge in [0.25, 0.3) is 5.91 Å². The van der Waals surface area contributed by atoms with Gasteiger partial charge in [-0.1, -0.05) is 104 Å². The van der Waals surface area contributed by atoms with E-state index in [0.717, 1.165) is 39.1 Å². The highest BCUT2D eigenvalue weighted by Crippen LogP contribution is 2.43. The zero-order valence-corrected chi connectivity index (χ0v) is 28.7. The number of hydrogen-bond donors (Lipinski definition) is 3. The summed E-state index contributed by atoms with van der Waals surface area (Å²) in [5.41, 5.74) is 7.16. The lowest BCUT2D eigenvalue weighted by Gasteiger charge is -2.41. The van der Waals surface area contributed by atoms with E-state index in [0.29, 0.717) is 23.0 Å². The van der Waals surface area contributed by atoms with Crippen LogP contribution in [0.1, 0.15) is 51.9 Å². The van der Waals surface area contributed by atoms with Crippen molar-refractivity contribution in [2.45, 2.75) is 43.7 Å². The Balaban J connectivity index is 1.08. The number of aliphatic hydroxyl groups excluding tert-OH is 1. The fourth-order valence-corrected chi connectivity index (χ4v) is 7.11. The minimum atomic E-state index is -0.629. The quantitative estimate of drug-likeness (QED) is 0.122. The maximum absolute atomic E-state index is 12.6. The summed E-state index contributed by atoms with van der Waals surface area (Å²) in [5, 5.41) is 35.2. The third-order valence-corrected chi connectivity index (χ3v) is 9.98. The fraction of sp³-hybridized carbons (Fsp3) is 0.200. The number of nitrogens with zero attached hydrogens (tertiary/aromatic N) is 4. The predicted octanol–water partition coefficient (Wildman–Crippen LogP) is 7.04. The highest BCUT2D eigenvalue weighted by Gasteiger charge is 2.38. The number of tetrazole rings is 1. The van der Waals surface area contributed by atoms with Crippen molar-refractivity contribution in [3.8, 4) is 22.6 Å². The smallest absolute Gasteiger partial charge is 0.251 e. The zero-order chi connectivity index (χ0) is 35.2. The molecular formula is C40H37N5O5S. The van der Waals surface area contributed by atoms with Gasteiger partial charge in [-0.05, 0) is 80.7 Å². The topological polar surface area (TPSA) is 132 Å². The molecule has 2 heterocycles. The number of carbonyl (C=O) groups excluding carboxylic acids is 1. The summed E-state index contributed by atoms with van der Waals surface area (Å²) in [7, 11) is 0. The van der Waals surface area contributed by atoms with Crippen molar-refractivity contribution in [3.63, 3.8) is 0 Å². The van der Waals surface area contributed by atoms with Gasteiger partial charge in [-0.2, -0.15) is 4.68 Å². The minimum absolute atomic E-state index is 0.0175. The normalized spacial score (nSPS) is 18.7. The van der Waals surface area contributed by atoms with Crippen molar-refractivity contribution in [2.24, 2.45) is 5.92 Å². The van der Waals surface area contributed by atoms with Gasteiger partial charge in [0.2, 0.25) is 5.16 Å². The molecule has 0 radical (unpaired) electrons. The Morgan fingerprint density at radius 1 is 0.824 bits per heavy atom. The summed E-state index contributed by atoms with van der Waals surface area (Å²) < 4.78 is 15.0. The van der Waals surface area contributed by atoms with E-state index in [-0.39, 0.29) is 36.4 Å². The molecule has 6 aromatic rings. The molecule has 0 spiro atoms. The maximum atomic E-state index is 12.6. The molecule has 0 saturated carbocycles. The van der Waals surface area contributed by atoms with E-state index in [4.69, 9.17) is 9.47 Å². The van der Waals surface area contributed by atoms with Crippen molar-refractivity contribution in [1.29, 1.82) is 0 Å². The number of phenolic OH excluding ortho intramolecular Hbond substituents is 1. The Morgan fingerprint density at radius 2 is 1.57 bits per heavy atom. The lowest BCUT2D eigenvalue weighted by molar-refractivity contribution is -0.268. The number of aromatic hydroxyl groups is 1. The molecule has 3 N–H and O–H groups in total. The molecule has 7 rings (SSSR count). The van der Waals surface area contributed by atoms with Crippen LogP contribution in [0.15, 0.2) is 133 Å². The SMILES string of the molecule is C[C@@H]1[C@H](CSc2nnnn2-c2ccc(O)cc2)O[C@H](c2ccc(-c3cccc(CNC(=O)c4ccccc4)c3)cc2)O[C@@H]1c1ccc(CO)cc1. The standard InChI is InChI=1S/C40H37N5O5S/c1-26-36(25-51-40-42-43-44-45(40)34-18-20-35(47)21-19-34)49-39(50-37(26)30-12-10-27(24-46)11-13-30)32-16-14-29(15-17-32)33-9-5-6-28(22-33)23-41-38(48)31-7-3-2-4-8-31/h2-22,26,36-37,39,46-47H,23-25H2,1H3,(H,41,48)/t26-,36+,37+,39+/m1/s1. The van der Waals surface area contributed by atoms with E-state index in [2.05, 4.69) is 52.0 Å². The van der Waals surface area contributed by atoms with Gasteiger partial charge in [0.05, 0.1) is 24.5 Å². The molecule has 1 saturated heterocycles. The van der Waals surface area contributed by atoms with Crippen LogP contribution in [0.5, 0.6) is 5.75 Å². The van der Waals surface area contributed by atoms with E-state index in [9.17, 15) is 15.0 Å². The van der Waals surface area contributed by atoms with Gasteiger partial charge >= 0.3 is 0 Å². The van der Waals surface area contributed by atoms with Gasteiger partial charge in [-0.15, -0.1) is 5.10 Å². The third-order valence-electron chi connectivity index (χ3n) is 8.97. The summed E-state index contributed by atoms with van der Waals surface area (Å²) in [5.74, 6) is 0.607. The molecule has 11 heteroatoms. The average molecular weight is 700 g/mol. The number of carbonyl (C=O) groups is 1. The first-order valence-electron chi connectivity index (χ1n) is 16.7. The largest absolute Gasteiger partial charge is 0.508 e. The van der Waals surface area contributed by atoms with Crippen molar-refractivity contribution >= 4 is 17.7 Å². The molecule has 1 aliphatic rings. The number of ether oxygens (including phenoxy) is 2. The third kappa shape index (κ3) is 8.03. The molecule has 1 aliphatic heterocycles. The Bertz CT molecular complexity index is 2060. The van der Waals surface area contributed by atoms with Crippen LogP contribution in [0.4, 0.5) is 0 Å². The van der Waals surface area contributed by atoms with Crippen molar-refractivity contribution in [1.82, 2.24) is 25.5 Å². The maximum Gasteiger partial charge on any atom is 0.251 e. The number of thioether (sulfide) groups is 1. The number of nitrogens with one attached hydrogen (secondary N) is 1. The monoisotopic (exact) mass is 699 g/mol. The molecule has 4 atom stereocenters. The number of phenols is 1. The molecular weight excluding hydrogens is 663 g/mol. The number of hydrogen-bond acceptors (Lipinski definition) is 9. The molecule has 1 fully saturated rings. The first-order valence-corrected chi connectivity index (χ1v) is 17.7. The Labute approximate surface area is 300 Å². The number of aliphatic hydroxyl groups is 1. The zero-order valence-electron chi connectivity index (χ0n) is 27.9. The number of amides is 1. The van der Waals surface area contributed by atoms with Gasteiger partial charge in [-0.3, -0.25) is 4.79 Å². The molecule has 5 aromatic carbocycles. The summed E-state index contributed by atoms with van der Waals surface area (Å²) in [4.78, 5) is 12.6. The van der Waals surface area contributed by atoms with Crippen LogP contribution < -0.4 is 5.32 Å². The molecule has 1 aromatic heterocycles. The van der Waals surface area contributed by atoms with Crippen molar-refractivity contribution < 1.29 is 24.5 Å². The molecule has 10 nitrogen and oxygen atoms in total. The first-order chi connectivity index (χ1) is 24.9. The summed E-state index contributed by atoms with van der Waals surface area (Å²) in [6.07, 6.45) is -1.11. The first kappa shape index (κ1) is 34.1. The van der Waals surface area contributed by atoms with Crippen molar-refractivity contribution in [3.05, 3.63) is 155 Å². The van der Waals surface area contributed by atoms with Crippen LogP contribution in [-0.4, -0.2) is 48.2 Å². The molecule has 258 valence electrons. The van der Waals surface area contributed by atoms with Gasteiger partial charge < -0.3 is 25.0 Å². The summed E-state index contributed by atoms with van der Waals surface area (Å²) in [6, 6.07) is 40.1. The summed E-state index contributed by atoms with van der Waals surface area (Å²) in [6.45, 7) is 2.51. The van der Waals surface area contributed by atoms with Crippen LogP contribution in [0, 0.1) is 5.92 Å². The molecule has 0 bridgehead atoms. The van der Waals surface area contributed by atoms with E-state index in [1.54, 1.807) is 41.1 Å². The molecule has 1 amide bonds. The van der Waals surface area contributed by atoms with Crippen molar-refractivity contribution in [2.75, 3.05) is 5.75 Å². The lowest BCUT2D eigenvalue weighted by atomic mass is 9.91. The number of rotatable bonds is 11. The van der Waals surface area contributed by atoms with E-state index >= 15 is 0 Å². The molecule has 51 heavy (non-hydrogen) atoms. The predicted molar refractivity (Wildman–Crippen MR) is 194 cm³/mol. The van der Waals surface area contributed by atoms with Gasteiger partial charge in [-0.25, -0.2) is 0 Å². The molecule has 0 aliphatic carbocycles. The highest BCUT2D eigenvalue weighted by atomic mass is 32.2. The molecule has 0 unspecified atom stereocenters. The van der Waals surface area contributed by atoms with Crippen LogP contribution >= 0.6 is 11.8 Å². The van der Waals surface area contributed by atoms with Gasteiger partial charge in [0.1, 0.15) is 5.75 Å². The van der Waals surface area contributed by atoms with Crippen LogP contribution in [0.25, 0.3) is 16.8 Å². The Morgan fingerprint density at radius 3 is 2.31 bits per heavy atom. The van der Waals surface area contributed by atoms with Crippen LogP contribution in [-0.2, 0) is 22.6 Å². The van der Waals surface area contributed by atoms with Crippen LogP contribution in [0.2, 0.25) is 0 Å².